The molecule has 0 fully saturated rings. The van der Waals surface area contributed by atoms with Crippen molar-refractivity contribution in [2.75, 3.05) is 5.32 Å². The molecule has 124 valence electrons. The van der Waals surface area contributed by atoms with Crippen LogP contribution >= 0.6 is 0 Å². The van der Waals surface area contributed by atoms with Gasteiger partial charge in [0.25, 0.3) is 0 Å². The Kier molecular flexibility index (Phi) is 5.16. The van der Waals surface area contributed by atoms with Gasteiger partial charge in [-0.15, -0.1) is 0 Å². The topological polar surface area (TPSA) is 63.6 Å². The van der Waals surface area contributed by atoms with Crippen LogP contribution in [0.2, 0.25) is 0 Å². The number of para-hydroxylation sites is 1. The first-order chi connectivity index (χ1) is 12.2. The third kappa shape index (κ3) is 4.51. The second-order valence-electron chi connectivity index (χ2n) is 5.34. The Bertz CT molecular complexity index is 860. The summed E-state index contributed by atoms with van der Waals surface area (Å²) in [5.74, 6) is 0. The molecule has 5 heteroatoms. The number of aromatic nitrogens is 1. The van der Waals surface area contributed by atoms with Gasteiger partial charge in [-0.2, -0.15) is 0 Å². The third-order valence-electron chi connectivity index (χ3n) is 3.55. The molecular weight excluding hydrogens is 314 g/mol. The van der Waals surface area contributed by atoms with E-state index in [2.05, 4.69) is 15.5 Å². The van der Waals surface area contributed by atoms with Crippen molar-refractivity contribution in [2.45, 2.75) is 6.92 Å². The van der Waals surface area contributed by atoms with E-state index in [1.807, 2.05) is 60.7 Å². The Labute approximate surface area is 146 Å². The van der Waals surface area contributed by atoms with E-state index in [-0.39, 0.29) is 0 Å². The number of carbonyl (C=O) groups is 1. The van der Waals surface area contributed by atoms with Gasteiger partial charge in [0, 0.05) is 17.4 Å². The normalized spacial score (nSPS) is 11.0. The van der Waals surface area contributed by atoms with Gasteiger partial charge in [-0.25, -0.2) is 4.79 Å². The van der Waals surface area contributed by atoms with Crippen LogP contribution in [-0.4, -0.2) is 16.8 Å². The minimum Gasteiger partial charge on any atom is -0.298 e. The average Bonchev–Trinajstić information content (AvgIpc) is 2.68. The summed E-state index contributed by atoms with van der Waals surface area (Å²) in [6, 6.07) is 22.6. The van der Waals surface area contributed by atoms with Crippen molar-refractivity contribution in [2.24, 2.45) is 5.16 Å². The number of nitrogens with one attached hydrogen (secondary N) is 1. The number of rotatable bonds is 4. The highest BCUT2D eigenvalue weighted by molar-refractivity contribution is 5.99. The van der Waals surface area contributed by atoms with E-state index >= 15 is 0 Å². The number of amides is 1. The van der Waals surface area contributed by atoms with E-state index in [0.29, 0.717) is 11.4 Å². The third-order valence-corrected chi connectivity index (χ3v) is 3.55. The highest BCUT2D eigenvalue weighted by Gasteiger charge is 2.05. The number of pyridine rings is 1. The fourth-order valence-electron chi connectivity index (χ4n) is 2.24. The van der Waals surface area contributed by atoms with Gasteiger partial charge in [0.2, 0.25) is 0 Å². The highest BCUT2D eigenvalue weighted by atomic mass is 16.7. The molecular formula is C20H17N3O2. The maximum absolute atomic E-state index is 11.7. The van der Waals surface area contributed by atoms with Crippen molar-refractivity contribution in [3.05, 3.63) is 84.6 Å². The first-order valence-electron chi connectivity index (χ1n) is 7.82. The average molecular weight is 331 g/mol. The lowest BCUT2D eigenvalue weighted by Gasteiger charge is -2.05. The molecule has 0 saturated carbocycles. The lowest BCUT2D eigenvalue weighted by atomic mass is 10.1. The van der Waals surface area contributed by atoms with Gasteiger partial charge in [0.1, 0.15) is 0 Å². The summed E-state index contributed by atoms with van der Waals surface area (Å²) in [7, 11) is 0. The summed E-state index contributed by atoms with van der Waals surface area (Å²) >= 11 is 0. The Balaban J connectivity index is 1.63. The molecule has 1 aromatic heterocycles. The summed E-state index contributed by atoms with van der Waals surface area (Å²) in [5, 5.41) is 6.48. The lowest BCUT2D eigenvalue weighted by Crippen LogP contribution is -2.11. The summed E-state index contributed by atoms with van der Waals surface area (Å²) in [4.78, 5) is 21.0. The van der Waals surface area contributed by atoms with Crippen molar-refractivity contribution in [1.82, 2.24) is 4.98 Å². The molecule has 1 amide bonds. The van der Waals surface area contributed by atoms with Gasteiger partial charge < -0.3 is 0 Å². The molecule has 0 radical (unpaired) electrons. The Morgan fingerprint density at radius 3 is 2.36 bits per heavy atom. The molecule has 25 heavy (non-hydrogen) atoms. The predicted octanol–water partition coefficient (Wildman–Crippen LogP) is 4.72. The first-order valence-corrected chi connectivity index (χ1v) is 7.82. The zero-order chi connectivity index (χ0) is 17.5. The van der Waals surface area contributed by atoms with Crippen LogP contribution in [0.1, 0.15) is 12.5 Å². The summed E-state index contributed by atoms with van der Waals surface area (Å²) in [6.07, 6.45) is 1.13. The largest absolute Gasteiger partial charge is 0.437 e. The second-order valence-corrected chi connectivity index (χ2v) is 5.34. The maximum Gasteiger partial charge on any atom is 0.437 e. The Morgan fingerprint density at radius 1 is 0.960 bits per heavy atom. The molecule has 0 bridgehead atoms. The van der Waals surface area contributed by atoms with Crippen LogP contribution in [0.5, 0.6) is 0 Å². The molecule has 0 saturated heterocycles. The quantitative estimate of drug-likeness (QED) is 0.427. The minimum absolute atomic E-state index is 0.607. The van der Waals surface area contributed by atoms with Gasteiger partial charge in [0.15, 0.2) is 0 Å². The van der Waals surface area contributed by atoms with E-state index in [1.165, 1.54) is 0 Å². The molecule has 0 aliphatic rings. The van der Waals surface area contributed by atoms with Crippen LogP contribution in [0, 0.1) is 0 Å². The molecule has 0 aliphatic heterocycles. The van der Waals surface area contributed by atoms with E-state index in [9.17, 15) is 4.79 Å². The molecule has 2 aromatic carbocycles. The number of nitrogens with zero attached hydrogens (tertiary/aromatic N) is 2. The van der Waals surface area contributed by atoms with Crippen LogP contribution in [0.3, 0.4) is 0 Å². The van der Waals surface area contributed by atoms with Crippen molar-refractivity contribution >= 4 is 17.5 Å². The Hall–Kier alpha value is -3.47. The predicted molar refractivity (Wildman–Crippen MR) is 98.4 cm³/mol. The van der Waals surface area contributed by atoms with Crippen LogP contribution in [0.25, 0.3) is 11.3 Å². The van der Waals surface area contributed by atoms with Crippen molar-refractivity contribution in [3.8, 4) is 11.3 Å². The molecule has 3 rings (SSSR count). The zero-order valence-corrected chi connectivity index (χ0v) is 13.7. The molecule has 1 heterocycles. The van der Waals surface area contributed by atoms with Crippen LogP contribution in [-0.2, 0) is 4.84 Å². The first kappa shape index (κ1) is 16.4. The van der Waals surface area contributed by atoms with Crippen LogP contribution in [0.4, 0.5) is 10.5 Å². The fourth-order valence-corrected chi connectivity index (χ4v) is 2.24. The van der Waals surface area contributed by atoms with Gasteiger partial charge in [-0.1, -0.05) is 53.7 Å². The molecule has 0 unspecified atom stereocenters. The van der Waals surface area contributed by atoms with E-state index in [1.54, 1.807) is 25.3 Å². The van der Waals surface area contributed by atoms with Crippen LogP contribution < -0.4 is 5.32 Å². The smallest absolute Gasteiger partial charge is 0.298 e. The second kappa shape index (κ2) is 7.88. The summed E-state index contributed by atoms with van der Waals surface area (Å²) < 4.78 is 0. The summed E-state index contributed by atoms with van der Waals surface area (Å²) in [5.41, 5.74) is 4.05. The lowest BCUT2D eigenvalue weighted by molar-refractivity contribution is 0.166. The number of anilines is 1. The number of oxime groups is 1. The van der Waals surface area contributed by atoms with E-state index in [0.717, 1.165) is 16.8 Å². The molecule has 1 N–H and O–H groups in total. The van der Waals surface area contributed by atoms with E-state index < -0.39 is 6.09 Å². The highest BCUT2D eigenvalue weighted by Crippen LogP contribution is 2.17. The number of hydrogen-bond acceptors (Lipinski definition) is 4. The monoisotopic (exact) mass is 331 g/mol. The Morgan fingerprint density at radius 2 is 1.68 bits per heavy atom. The van der Waals surface area contributed by atoms with Crippen molar-refractivity contribution < 1.29 is 9.63 Å². The van der Waals surface area contributed by atoms with Gasteiger partial charge in [0.05, 0.1) is 11.4 Å². The van der Waals surface area contributed by atoms with Gasteiger partial charge in [-0.3, -0.25) is 15.1 Å². The zero-order valence-electron chi connectivity index (χ0n) is 13.7. The standard InChI is InChI=1S/C20H17N3O2/c1-15(23-25-20(24)22-18-7-3-2-4-8-18)16-10-12-17(13-11-16)19-9-5-6-14-21-19/h2-14H,1H3,(H,22,24). The van der Waals surface area contributed by atoms with Crippen LogP contribution in [0.15, 0.2) is 84.1 Å². The fraction of sp³-hybridized carbons (Fsp3) is 0.0500. The van der Waals surface area contributed by atoms with Crippen molar-refractivity contribution in [1.29, 1.82) is 0 Å². The van der Waals surface area contributed by atoms with E-state index in [4.69, 9.17) is 4.84 Å². The number of hydrogen-bond donors (Lipinski definition) is 1. The molecule has 0 atom stereocenters. The molecule has 0 aliphatic carbocycles. The number of benzene rings is 2. The minimum atomic E-state index is -0.629. The molecule has 3 aromatic rings. The molecule has 5 nitrogen and oxygen atoms in total. The van der Waals surface area contributed by atoms with Gasteiger partial charge in [-0.05, 0) is 36.8 Å². The maximum atomic E-state index is 11.7. The van der Waals surface area contributed by atoms with Crippen molar-refractivity contribution in [3.63, 3.8) is 0 Å². The SMILES string of the molecule is CC(=NOC(=O)Nc1ccccc1)c1ccc(-c2ccccn2)cc1. The number of carbonyl (C=O) groups excluding carboxylic acids is 1. The molecule has 0 spiro atoms. The summed E-state index contributed by atoms with van der Waals surface area (Å²) in [6.45, 7) is 1.78. The van der Waals surface area contributed by atoms with Gasteiger partial charge >= 0.3 is 6.09 Å².